The van der Waals surface area contributed by atoms with Gasteiger partial charge in [-0.1, -0.05) is 0 Å². The van der Waals surface area contributed by atoms with Crippen LogP contribution in [0.1, 0.15) is 48.4 Å². The summed E-state index contributed by atoms with van der Waals surface area (Å²) in [5.41, 5.74) is -3.00. The zero-order valence-electron chi connectivity index (χ0n) is 11.6. The number of hydrogen-bond acceptors (Lipinski definition) is 2. The van der Waals surface area contributed by atoms with Crippen LogP contribution in [0.4, 0.5) is 30.7 Å². The van der Waals surface area contributed by atoms with Gasteiger partial charge >= 0.3 is 6.18 Å². The van der Waals surface area contributed by atoms with Crippen LogP contribution in [0.2, 0.25) is 0 Å². The van der Waals surface area contributed by atoms with Gasteiger partial charge in [-0.05, 0) is 12.8 Å². The predicted molar refractivity (Wildman–Crippen MR) is 63.5 cm³/mol. The number of halogens is 7. The van der Waals surface area contributed by atoms with E-state index >= 15 is 0 Å². The standard InChI is InChI=1S/C13H13F7N2O/c14-6-2-1-5(3-7(6)15)22-8-4-12(16,17)11(23)9(8)10(21-22)13(18,19)20/h5-7,11,23H,1-4H2/t5-,6-,7+,11+/m1/s1. The second-order valence-corrected chi connectivity index (χ2v) is 5.99. The molecule has 1 N–H and O–H groups in total. The number of aliphatic hydroxyl groups is 1. The maximum Gasteiger partial charge on any atom is 0.435 e. The molecule has 0 aliphatic heterocycles. The van der Waals surface area contributed by atoms with E-state index in [9.17, 15) is 35.8 Å². The van der Waals surface area contributed by atoms with Crippen LogP contribution < -0.4 is 0 Å². The maximum atomic E-state index is 13.6. The Labute approximate surface area is 126 Å². The highest BCUT2D eigenvalue weighted by atomic mass is 19.4. The van der Waals surface area contributed by atoms with Gasteiger partial charge in [0.2, 0.25) is 0 Å². The second kappa shape index (κ2) is 5.09. The summed E-state index contributed by atoms with van der Waals surface area (Å²) >= 11 is 0. The fourth-order valence-electron chi connectivity index (χ4n) is 3.27. The number of fused-ring (bicyclic) bond motifs is 1. The van der Waals surface area contributed by atoms with E-state index in [0.29, 0.717) is 4.68 Å². The lowest BCUT2D eigenvalue weighted by atomic mass is 9.92. The molecule has 4 atom stereocenters. The molecule has 1 aromatic heterocycles. The first kappa shape index (κ1) is 16.5. The molecule has 2 aliphatic rings. The molecule has 1 heterocycles. The van der Waals surface area contributed by atoms with E-state index in [4.69, 9.17) is 0 Å². The quantitative estimate of drug-likeness (QED) is 0.790. The summed E-state index contributed by atoms with van der Waals surface area (Å²) in [7, 11) is 0. The number of hydrogen-bond donors (Lipinski definition) is 1. The Morgan fingerprint density at radius 1 is 1.13 bits per heavy atom. The Kier molecular flexibility index (Phi) is 3.66. The van der Waals surface area contributed by atoms with E-state index in [0.717, 1.165) is 0 Å². The van der Waals surface area contributed by atoms with Crippen molar-refractivity contribution in [1.29, 1.82) is 0 Å². The Morgan fingerprint density at radius 3 is 2.35 bits per heavy atom. The van der Waals surface area contributed by atoms with Crippen molar-refractivity contribution in [2.45, 2.75) is 62.3 Å². The molecule has 1 saturated carbocycles. The van der Waals surface area contributed by atoms with Gasteiger partial charge in [-0.25, -0.2) is 17.6 Å². The van der Waals surface area contributed by atoms with Crippen LogP contribution >= 0.6 is 0 Å². The average Bonchev–Trinajstić information content (AvgIpc) is 2.89. The zero-order valence-corrected chi connectivity index (χ0v) is 11.6. The lowest BCUT2D eigenvalue weighted by Gasteiger charge is -2.28. The van der Waals surface area contributed by atoms with E-state index in [2.05, 4.69) is 5.10 Å². The largest absolute Gasteiger partial charge is 0.435 e. The highest BCUT2D eigenvalue weighted by molar-refractivity contribution is 5.38. The Hall–Kier alpha value is -1.32. The number of rotatable bonds is 1. The van der Waals surface area contributed by atoms with Crippen molar-refractivity contribution >= 4 is 0 Å². The van der Waals surface area contributed by atoms with E-state index in [1.54, 1.807) is 0 Å². The number of aliphatic hydroxyl groups excluding tert-OH is 1. The van der Waals surface area contributed by atoms with Crippen LogP contribution in [0.25, 0.3) is 0 Å². The normalized spacial score (nSPS) is 33.7. The summed E-state index contributed by atoms with van der Waals surface area (Å²) in [4.78, 5) is 0. The Bertz CT molecular complexity index is 612. The summed E-state index contributed by atoms with van der Waals surface area (Å²) in [6.45, 7) is 0. The van der Waals surface area contributed by atoms with E-state index < -0.39 is 66.4 Å². The summed E-state index contributed by atoms with van der Waals surface area (Å²) < 4.78 is 93.7. The molecule has 0 unspecified atom stereocenters. The highest BCUT2D eigenvalue weighted by Gasteiger charge is 2.55. The third-order valence-electron chi connectivity index (χ3n) is 4.41. The van der Waals surface area contributed by atoms with Gasteiger partial charge in [-0.2, -0.15) is 18.3 Å². The fourth-order valence-corrected chi connectivity index (χ4v) is 3.27. The molecule has 23 heavy (non-hydrogen) atoms. The minimum Gasteiger partial charge on any atom is -0.382 e. The van der Waals surface area contributed by atoms with Gasteiger partial charge in [-0.15, -0.1) is 0 Å². The van der Waals surface area contributed by atoms with E-state index in [-0.39, 0.29) is 12.8 Å². The van der Waals surface area contributed by atoms with Gasteiger partial charge in [0.25, 0.3) is 5.92 Å². The second-order valence-electron chi connectivity index (χ2n) is 5.99. The molecule has 130 valence electrons. The van der Waals surface area contributed by atoms with Crippen molar-refractivity contribution in [1.82, 2.24) is 9.78 Å². The molecule has 0 saturated heterocycles. The smallest absolute Gasteiger partial charge is 0.382 e. The molecule has 2 aliphatic carbocycles. The minimum atomic E-state index is -5.02. The topological polar surface area (TPSA) is 38.1 Å². The lowest BCUT2D eigenvalue weighted by Crippen LogP contribution is -2.31. The van der Waals surface area contributed by atoms with Gasteiger partial charge < -0.3 is 5.11 Å². The van der Waals surface area contributed by atoms with Crippen molar-refractivity contribution < 1.29 is 35.8 Å². The van der Waals surface area contributed by atoms with Crippen LogP contribution in [0, 0.1) is 0 Å². The molecule has 3 nitrogen and oxygen atoms in total. The van der Waals surface area contributed by atoms with Gasteiger partial charge in [-0.3, -0.25) is 4.68 Å². The van der Waals surface area contributed by atoms with Crippen LogP contribution in [0.15, 0.2) is 0 Å². The number of alkyl halides is 7. The predicted octanol–water partition coefficient (Wildman–Crippen LogP) is 3.53. The maximum absolute atomic E-state index is 13.6. The summed E-state index contributed by atoms with van der Waals surface area (Å²) in [5, 5.41) is 12.8. The molecular weight excluding hydrogens is 333 g/mol. The van der Waals surface area contributed by atoms with Gasteiger partial charge in [0.1, 0.15) is 18.4 Å². The molecule has 1 fully saturated rings. The molecule has 1 aromatic rings. The summed E-state index contributed by atoms with van der Waals surface area (Å²) in [5.74, 6) is -3.75. The first-order chi connectivity index (χ1) is 10.5. The molecule has 10 heteroatoms. The summed E-state index contributed by atoms with van der Waals surface area (Å²) in [6.07, 6.45) is -13.0. The van der Waals surface area contributed by atoms with Crippen molar-refractivity contribution in [3.63, 3.8) is 0 Å². The molecular formula is C13H13F7N2O. The van der Waals surface area contributed by atoms with Gasteiger partial charge in [0.15, 0.2) is 5.69 Å². The van der Waals surface area contributed by atoms with Crippen molar-refractivity contribution in [2.24, 2.45) is 0 Å². The summed E-state index contributed by atoms with van der Waals surface area (Å²) in [6, 6.07) is -0.942. The average molecular weight is 346 g/mol. The Balaban J connectivity index is 2.05. The van der Waals surface area contributed by atoms with Gasteiger partial charge in [0, 0.05) is 12.0 Å². The Morgan fingerprint density at radius 2 is 1.78 bits per heavy atom. The monoisotopic (exact) mass is 346 g/mol. The van der Waals surface area contributed by atoms with Crippen molar-refractivity contribution in [3.8, 4) is 0 Å². The molecule has 0 radical (unpaired) electrons. The molecule has 0 aromatic carbocycles. The van der Waals surface area contributed by atoms with E-state index in [1.807, 2.05) is 0 Å². The van der Waals surface area contributed by atoms with Crippen LogP contribution in [0.3, 0.4) is 0 Å². The lowest BCUT2D eigenvalue weighted by molar-refractivity contribution is -0.146. The van der Waals surface area contributed by atoms with Crippen molar-refractivity contribution in [2.75, 3.05) is 0 Å². The number of nitrogens with zero attached hydrogens (tertiary/aromatic N) is 2. The minimum absolute atomic E-state index is 0.00529. The fraction of sp³-hybridized carbons (Fsp3) is 0.769. The SMILES string of the molecule is O[C@H]1c2c(C(F)(F)F)nn([C@@H]3CC[C@@H](F)[C@@H](F)C3)c2CC1(F)F. The molecule has 0 amide bonds. The third-order valence-corrected chi connectivity index (χ3v) is 4.41. The number of aromatic nitrogens is 2. The molecule has 0 spiro atoms. The van der Waals surface area contributed by atoms with Crippen molar-refractivity contribution in [3.05, 3.63) is 17.0 Å². The first-order valence-electron chi connectivity index (χ1n) is 7.05. The molecule has 0 bridgehead atoms. The van der Waals surface area contributed by atoms with Crippen LogP contribution in [-0.2, 0) is 12.6 Å². The van der Waals surface area contributed by atoms with Crippen LogP contribution in [-0.4, -0.2) is 33.2 Å². The third kappa shape index (κ3) is 2.60. The molecule has 3 rings (SSSR count). The highest BCUT2D eigenvalue weighted by Crippen LogP contribution is 2.49. The van der Waals surface area contributed by atoms with Crippen LogP contribution in [0.5, 0.6) is 0 Å². The first-order valence-corrected chi connectivity index (χ1v) is 7.05. The van der Waals surface area contributed by atoms with E-state index in [1.165, 1.54) is 0 Å². The van der Waals surface area contributed by atoms with Gasteiger partial charge in [0.05, 0.1) is 18.2 Å². The zero-order chi connectivity index (χ0) is 17.2.